The zero-order chi connectivity index (χ0) is 25.7. The van der Waals surface area contributed by atoms with Gasteiger partial charge in [0.2, 0.25) is 5.78 Å². The van der Waals surface area contributed by atoms with Crippen molar-refractivity contribution in [1.82, 2.24) is 13.8 Å². The number of imidazole rings is 2. The SMILES string of the molecule is Cc1cc(-c2ccccc2)ccc1-c1cc2c3cc4ccccc4cc3n3c2c(c1)n1c2ccccc2nc13. The molecule has 0 aliphatic carbocycles. The third kappa shape index (κ3) is 2.79. The maximum atomic E-state index is 5.13. The Labute approximate surface area is 224 Å². The molecule has 0 unspecified atom stereocenters. The first-order valence-corrected chi connectivity index (χ1v) is 13.4. The molecule has 9 aromatic rings. The van der Waals surface area contributed by atoms with E-state index in [1.807, 2.05) is 0 Å². The van der Waals surface area contributed by atoms with E-state index in [1.54, 1.807) is 0 Å². The Morgan fingerprint density at radius 1 is 0.513 bits per heavy atom. The third-order valence-electron chi connectivity index (χ3n) is 8.34. The van der Waals surface area contributed by atoms with Crippen LogP contribution in [-0.4, -0.2) is 13.8 Å². The second-order valence-corrected chi connectivity index (χ2v) is 10.6. The van der Waals surface area contributed by atoms with Gasteiger partial charge in [0.05, 0.1) is 27.6 Å². The Bertz CT molecular complexity index is 2390. The maximum absolute atomic E-state index is 5.13. The molecule has 0 atom stereocenters. The van der Waals surface area contributed by atoms with Crippen LogP contribution in [0.25, 0.3) is 77.2 Å². The molecular formula is C36H23N3. The van der Waals surface area contributed by atoms with Crippen LogP contribution in [0.3, 0.4) is 0 Å². The average molecular weight is 498 g/mol. The van der Waals surface area contributed by atoms with E-state index in [1.165, 1.54) is 65.9 Å². The second-order valence-electron chi connectivity index (χ2n) is 10.6. The number of rotatable bonds is 2. The lowest BCUT2D eigenvalue weighted by molar-refractivity contribution is 1.22. The highest BCUT2D eigenvalue weighted by Crippen LogP contribution is 2.41. The van der Waals surface area contributed by atoms with Gasteiger partial charge in [-0.05, 0) is 81.9 Å². The summed E-state index contributed by atoms with van der Waals surface area (Å²) in [5.74, 6) is 0.967. The highest BCUT2D eigenvalue weighted by molar-refractivity contribution is 6.19. The Balaban J connectivity index is 1.42. The Morgan fingerprint density at radius 3 is 2.13 bits per heavy atom. The minimum atomic E-state index is 0.967. The van der Waals surface area contributed by atoms with Crippen molar-refractivity contribution < 1.29 is 0 Å². The fraction of sp³-hybridized carbons (Fsp3) is 0.0278. The zero-order valence-electron chi connectivity index (χ0n) is 21.4. The molecule has 182 valence electrons. The quantitative estimate of drug-likeness (QED) is 0.233. The van der Waals surface area contributed by atoms with Crippen LogP contribution in [0, 0.1) is 6.92 Å². The molecule has 39 heavy (non-hydrogen) atoms. The molecule has 0 bridgehead atoms. The van der Waals surface area contributed by atoms with Gasteiger partial charge in [-0.3, -0.25) is 8.80 Å². The first-order chi connectivity index (χ1) is 19.2. The number of hydrogen-bond donors (Lipinski definition) is 0. The number of hydrogen-bond acceptors (Lipinski definition) is 1. The summed E-state index contributed by atoms with van der Waals surface area (Å²) < 4.78 is 4.70. The molecule has 0 aliphatic rings. The van der Waals surface area contributed by atoms with E-state index in [4.69, 9.17) is 4.98 Å². The van der Waals surface area contributed by atoms with Gasteiger partial charge < -0.3 is 0 Å². The molecule has 3 heterocycles. The summed E-state index contributed by atoms with van der Waals surface area (Å²) in [7, 11) is 0. The van der Waals surface area contributed by atoms with Gasteiger partial charge >= 0.3 is 0 Å². The van der Waals surface area contributed by atoms with Crippen LogP contribution in [0.15, 0.2) is 121 Å². The van der Waals surface area contributed by atoms with Crippen molar-refractivity contribution in [3.8, 4) is 22.3 Å². The first kappa shape index (κ1) is 20.9. The van der Waals surface area contributed by atoms with Gasteiger partial charge in [0, 0.05) is 10.8 Å². The normalized spacial score (nSPS) is 12.2. The van der Waals surface area contributed by atoms with Crippen LogP contribution in [0.2, 0.25) is 0 Å². The van der Waals surface area contributed by atoms with Gasteiger partial charge in [0.15, 0.2) is 0 Å². The number of nitrogens with zero attached hydrogens (tertiary/aromatic N) is 3. The fourth-order valence-corrected chi connectivity index (χ4v) is 6.54. The molecule has 0 N–H and O–H groups in total. The monoisotopic (exact) mass is 497 g/mol. The summed E-state index contributed by atoms with van der Waals surface area (Å²) in [6.45, 7) is 2.22. The van der Waals surface area contributed by atoms with Gasteiger partial charge in [0.25, 0.3) is 0 Å². The topological polar surface area (TPSA) is 21.7 Å². The highest BCUT2D eigenvalue weighted by Gasteiger charge is 2.22. The van der Waals surface area contributed by atoms with Crippen molar-refractivity contribution >= 4 is 54.9 Å². The minimum absolute atomic E-state index is 0.967. The maximum Gasteiger partial charge on any atom is 0.220 e. The van der Waals surface area contributed by atoms with Crippen molar-refractivity contribution in [3.63, 3.8) is 0 Å². The summed E-state index contributed by atoms with van der Waals surface area (Å²) >= 11 is 0. The van der Waals surface area contributed by atoms with Crippen LogP contribution in [-0.2, 0) is 0 Å². The molecule has 0 saturated heterocycles. The number of para-hydroxylation sites is 2. The molecule has 3 heteroatoms. The Kier molecular flexibility index (Phi) is 3.99. The summed E-state index contributed by atoms with van der Waals surface area (Å²) in [4.78, 5) is 5.13. The van der Waals surface area contributed by atoms with Crippen LogP contribution >= 0.6 is 0 Å². The molecule has 0 spiro atoms. The molecule has 3 nitrogen and oxygen atoms in total. The minimum Gasteiger partial charge on any atom is -0.277 e. The van der Waals surface area contributed by atoms with Crippen molar-refractivity contribution in [2.24, 2.45) is 0 Å². The highest BCUT2D eigenvalue weighted by atomic mass is 15.2. The largest absolute Gasteiger partial charge is 0.277 e. The van der Waals surface area contributed by atoms with Crippen molar-refractivity contribution in [1.29, 1.82) is 0 Å². The summed E-state index contributed by atoms with van der Waals surface area (Å²) in [5, 5.41) is 5.04. The van der Waals surface area contributed by atoms with Gasteiger partial charge in [-0.1, -0.05) is 84.9 Å². The van der Waals surface area contributed by atoms with Crippen LogP contribution < -0.4 is 0 Å². The smallest absolute Gasteiger partial charge is 0.220 e. The second kappa shape index (κ2) is 7.46. The molecule has 0 amide bonds. The lowest BCUT2D eigenvalue weighted by Crippen LogP contribution is -1.88. The molecule has 0 fully saturated rings. The molecule has 0 radical (unpaired) electrons. The van der Waals surface area contributed by atoms with E-state index in [9.17, 15) is 0 Å². The van der Waals surface area contributed by atoms with Crippen LogP contribution in [0.4, 0.5) is 0 Å². The molecule has 0 aliphatic heterocycles. The number of benzene rings is 6. The molecule has 6 aromatic carbocycles. The number of fused-ring (bicyclic) bond motifs is 9. The van der Waals surface area contributed by atoms with Crippen molar-refractivity contribution in [3.05, 3.63) is 127 Å². The van der Waals surface area contributed by atoms with E-state index in [0.717, 1.165) is 16.8 Å². The Hall–Kier alpha value is -5.15. The van der Waals surface area contributed by atoms with Crippen LogP contribution in [0.1, 0.15) is 5.56 Å². The predicted molar refractivity (Wildman–Crippen MR) is 163 cm³/mol. The third-order valence-corrected chi connectivity index (χ3v) is 8.34. The average Bonchev–Trinajstić information content (AvgIpc) is 3.61. The van der Waals surface area contributed by atoms with Gasteiger partial charge in [-0.15, -0.1) is 0 Å². The van der Waals surface area contributed by atoms with E-state index in [2.05, 4.69) is 137 Å². The standard InChI is InChI=1S/C36H23N3/c1-22-17-26(23-9-3-2-4-10-23)15-16-28(22)27-19-30-29-18-24-11-5-6-12-25(24)20-33(29)39-35(30)34(21-27)38-32-14-8-7-13-31(32)37-36(38)39/h2-21H,1H3. The predicted octanol–water partition coefficient (Wildman–Crippen LogP) is 9.28. The summed E-state index contributed by atoms with van der Waals surface area (Å²) in [6.07, 6.45) is 0. The van der Waals surface area contributed by atoms with Gasteiger partial charge in [-0.25, -0.2) is 4.98 Å². The van der Waals surface area contributed by atoms with E-state index in [-0.39, 0.29) is 0 Å². The molecule has 0 saturated carbocycles. The lowest BCUT2D eigenvalue weighted by Gasteiger charge is -2.10. The fourth-order valence-electron chi connectivity index (χ4n) is 6.54. The van der Waals surface area contributed by atoms with E-state index in [0.29, 0.717) is 0 Å². The van der Waals surface area contributed by atoms with E-state index < -0.39 is 0 Å². The van der Waals surface area contributed by atoms with Gasteiger partial charge in [-0.2, -0.15) is 0 Å². The number of aryl methyl sites for hydroxylation is 1. The molecule has 9 rings (SSSR count). The van der Waals surface area contributed by atoms with Crippen molar-refractivity contribution in [2.75, 3.05) is 0 Å². The van der Waals surface area contributed by atoms with Gasteiger partial charge in [0.1, 0.15) is 0 Å². The summed E-state index contributed by atoms with van der Waals surface area (Å²) in [5.41, 5.74) is 12.0. The van der Waals surface area contributed by atoms with E-state index >= 15 is 0 Å². The Morgan fingerprint density at radius 2 is 1.28 bits per heavy atom. The summed E-state index contributed by atoms with van der Waals surface area (Å²) in [6, 6.07) is 43.9. The van der Waals surface area contributed by atoms with Crippen LogP contribution in [0.5, 0.6) is 0 Å². The van der Waals surface area contributed by atoms with Crippen molar-refractivity contribution in [2.45, 2.75) is 6.92 Å². The molecular weight excluding hydrogens is 474 g/mol. The number of aromatic nitrogens is 3. The first-order valence-electron chi connectivity index (χ1n) is 13.4. The lowest BCUT2D eigenvalue weighted by atomic mass is 9.94. The zero-order valence-corrected chi connectivity index (χ0v) is 21.4. The molecule has 3 aromatic heterocycles.